The van der Waals surface area contributed by atoms with Gasteiger partial charge in [-0.2, -0.15) is 28.2 Å². The van der Waals surface area contributed by atoms with E-state index in [0.717, 1.165) is 6.42 Å². The molecule has 16 heteroatoms. The molecule has 2 aromatic heterocycles. The second kappa shape index (κ2) is 12.0. The number of ether oxygens (including phenoxy) is 3. The lowest BCUT2D eigenvalue weighted by atomic mass is 9.71. The fourth-order valence-electron chi connectivity index (χ4n) is 6.77. The lowest BCUT2D eigenvalue weighted by Gasteiger charge is -2.43. The van der Waals surface area contributed by atoms with Gasteiger partial charge in [0.25, 0.3) is 0 Å². The van der Waals surface area contributed by atoms with E-state index in [0.29, 0.717) is 49.4 Å². The number of rotatable bonds is 8. The summed E-state index contributed by atoms with van der Waals surface area (Å²) in [5.74, 6) is -1.18. The number of carbonyl (C=O) groups is 2. The number of benzene rings is 1. The summed E-state index contributed by atoms with van der Waals surface area (Å²) in [5, 5.41) is 17.1. The van der Waals surface area contributed by atoms with Crippen molar-refractivity contribution < 1.29 is 42.1 Å². The summed E-state index contributed by atoms with van der Waals surface area (Å²) in [5.41, 5.74) is 6.58. The van der Waals surface area contributed by atoms with Crippen LogP contribution in [0.5, 0.6) is 5.88 Å². The minimum Gasteiger partial charge on any atom is -0.480 e. The van der Waals surface area contributed by atoms with Crippen molar-refractivity contribution in [3.05, 3.63) is 53.3 Å². The number of nitrogen functional groups attached to an aromatic ring is 1. The topological polar surface area (TPSA) is 167 Å². The van der Waals surface area contributed by atoms with Crippen LogP contribution in [0.1, 0.15) is 61.6 Å². The Bertz CT molecular complexity index is 1620. The van der Waals surface area contributed by atoms with E-state index in [1.165, 1.54) is 35.1 Å². The molecule has 0 aliphatic carbocycles. The maximum absolute atomic E-state index is 14.8. The van der Waals surface area contributed by atoms with Crippen LogP contribution >= 0.6 is 0 Å². The van der Waals surface area contributed by atoms with Gasteiger partial charge in [-0.05, 0) is 55.7 Å². The predicted octanol–water partition coefficient (Wildman–Crippen LogP) is 4.25. The normalized spacial score (nSPS) is 23.3. The highest BCUT2D eigenvalue weighted by Crippen LogP contribution is 2.46. The zero-order valence-corrected chi connectivity index (χ0v) is 25.2. The summed E-state index contributed by atoms with van der Waals surface area (Å²) in [4.78, 5) is 33.3. The highest BCUT2D eigenvalue weighted by atomic mass is 19.4. The summed E-state index contributed by atoms with van der Waals surface area (Å²) < 4.78 is 61.1. The van der Waals surface area contributed by atoms with Crippen LogP contribution < -0.4 is 20.7 Å². The van der Waals surface area contributed by atoms with E-state index in [-0.39, 0.29) is 41.1 Å². The number of cyclic esters (lactones) is 2. The number of nitrogens with zero attached hydrogens (tertiary/aromatic N) is 5. The van der Waals surface area contributed by atoms with Gasteiger partial charge in [0.2, 0.25) is 17.9 Å². The maximum Gasteiger partial charge on any atom is 0.509 e. The molecule has 3 saturated heterocycles. The molecule has 3 aliphatic rings. The van der Waals surface area contributed by atoms with Gasteiger partial charge in [0.15, 0.2) is 6.10 Å². The molecule has 0 bridgehead atoms. The first-order valence-electron chi connectivity index (χ1n) is 15.0. The Kier molecular flexibility index (Phi) is 8.16. The van der Waals surface area contributed by atoms with Crippen LogP contribution in [0, 0.1) is 12.3 Å². The highest BCUT2D eigenvalue weighted by Gasteiger charge is 2.50. The lowest BCUT2D eigenvalue weighted by molar-refractivity contribution is -0.198. The van der Waals surface area contributed by atoms with Crippen molar-refractivity contribution in [3.63, 3.8) is 0 Å². The van der Waals surface area contributed by atoms with E-state index in [2.05, 4.69) is 20.4 Å². The second-order valence-corrected chi connectivity index (χ2v) is 11.9. The molecule has 0 saturated carbocycles. The number of aliphatic carboxylic acids is 1. The van der Waals surface area contributed by atoms with E-state index < -0.39 is 36.6 Å². The molecule has 3 aliphatic heterocycles. The second-order valence-electron chi connectivity index (χ2n) is 11.9. The van der Waals surface area contributed by atoms with Gasteiger partial charge in [0, 0.05) is 37.0 Å². The molecule has 246 valence electrons. The molecule has 6 rings (SSSR count). The van der Waals surface area contributed by atoms with Crippen molar-refractivity contribution in [1.82, 2.24) is 25.1 Å². The fourth-order valence-corrected chi connectivity index (χ4v) is 6.77. The molecule has 1 spiro atoms. The molecular weight excluding hydrogens is 611 g/mol. The average Bonchev–Trinajstić information content (AvgIpc) is 3.74. The largest absolute Gasteiger partial charge is 0.509 e. The standard InChI is InChI=1S/C30H34F3N7O6/c1-3-22-29(14-19(35-22)26(41)42)7-10-39(11-8-29)23-13-24(37-27(34)36-23)46-25(30(31,32)33)18-5-4-17(21-15-44-28(43)45-21)12-20(18)40-9-6-16(2)38-40/h4-6,9,12-13,19,21-22,25,35H,3,7-8,10-11,14-15H2,1-2H3,(H,41,42)(H2,34,36,37)/t19-,21?,22?,25+/m0/s1. The molecule has 0 amide bonds. The SMILES string of the molecule is CCC1N[C@H](C(=O)O)CC12CCN(c1cc(O[C@H](c3ccc(C4COC(=O)O4)cc3-n3ccc(C)n3)C(F)(F)F)nc(N)n1)CC2. The number of nitrogens with one attached hydrogen (secondary N) is 1. The summed E-state index contributed by atoms with van der Waals surface area (Å²) >= 11 is 0. The number of carbonyl (C=O) groups excluding carboxylic acids is 1. The monoisotopic (exact) mass is 645 g/mol. The van der Waals surface area contributed by atoms with Crippen molar-refractivity contribution in [3.8, 4) is 11.6 Å². The zero-order chi connectivity index (χ0) is 32.8. The van der Waals surface area contributed by atoms with E-state index in [1.807, 2.05) is 11.8 Å². The predicted molar refractivity (Wildman–Crippen MR) is 156 cm³/mol. The third kappa shape index (κ3) is 6.12. The van der Waals surface area contributed by atoms with E-state index in [4.69, 9.17) is 19.9 Å². The summed E-state index contributed by atoms with van der Waals surface area (Å²) in [6.45, 7) is 4.65. The van der Waals surface area contributed by atoms with Gasteiger partial charge in [0.1, 0.15) is 18.5 Å². The van der Waals surface area contributed by atoms with Crippen LogP contribution in [-0.2, 0) is 14.3 Å². The van der Waals surface area contributed by atoms with Crippen LogP contribution in [0.15, 0.2) is 36.5 Å². The van der Waals surface area contributed by atoms with Crippen molar-refractivity contribution in [2.45, 2.75) is 70.0 Å². The first-order chi connectivity index (χ1) is 21.8. The zero-order valence-electron chi connectivity index (χ0n) is 25.2. The molecule has 2 unspecified atom stereocenters. The molecule has 46 heavy (non-hydrogen) atoms. The summed E-state index contributed by atoms with van der Waals surface area (Å²) in [6, 6.07) is 6.54. The number of aryl methyl sites for hydroxylation is 1. The van der Waals surface area contributed by atoms with Gasteiger partial charge in [-0.25, -0.2) is 9.48 Å². The Morgan fingerprint density at radius 3 is 2.61 bits per heavy atom. The number of alkyl halides is 3. The van der Waals surface area contributed by atoms with Crippen LogP contribution in [0.3, 0.4) is 0 Å². The van der Waals surface area contributed by atoms with Gasteiger partial charge in [-0.3, -0.25) is 4.79 Å². The van der Waals surface area contributed by atoms with Crippen LogP contribution in [-0.4, -0.2) is 74.9 Å². The third-order valence-electron chi connectivity index (χ3n) is 9.05. The van der Waals surface area contributed by atoms with Crippen LogP contribution in [0.4, 0.5) is 29.7 Å². The molecule has 5 heterocycles. The summed E-state index contributed by atoms with van der Waals surface area (Å²) in [7, 11) is 0. The molecular formula is C30H34F3N7O6. The quantitative estimate of drug-likeness (QED) is 0.299. The number of carboxylic acid groups (broad SMARTS) is 1. The first-order valence-corrected chi connectivity index (χ1v) is 15.0. The van der Waals surface area contributed by atoms with Crippen LogP contribution in [0.25, 0.3) is 5.69 Å². The molecule has 3 aromatic rings. The van der Waals surface area contributed by atoms with Crippen molar-refractivity contribution in [2.24, 2.45) is 5.41 Å². The first kappa shape index (κ1) is 31.4. The molecule has 0 radical (unpaired) electrons. The Morgan fingerprint density at radius 1 is 1.24 bits per heavy atom. The number of nitrogens with two attached hydrogens (primary N) is 1. The molecule has 3 fully saturated rings. The Hall–Kier alpha value is -4.60. The molecule has 4 N–H and O–H groups in total. The van der Waals surface area contributed by atoms with E-state index >= 15 is 0 Å². The molecule has 13 nitrogen and oxygen atoms in total. The van der Waals surface area contributed by atoms with Gasteiger partial charge in [0.05, 0.1) is 11.4 Å². The highest BCUT2D eigenvalue weighted by molar-refractivity contribution is 5.74. The van der Waals surface area contributed by atoms with Crippen molar-refractivity contribution in [2.75, 3.05) is 30.3 Å². The van der Waals surface area contributed by atoms with E-state index in [1.54, 1.807) is 13.0 Å². The Morgan fingerprint density at radius 2 is 2.00 bits per heavy atom. The minimum absolute atomic E-state index is 0.0464. The van der Waals surface area contributed by atoms with Gasteiger partial charge >= 0.3 is 18.3 Å². The Labute approximate surface area is 261 Å². The molecule has 1 aromatic carbocycles. The molecule has 4 atom stereocenters. The number of aromatic nitrogens is 4. The van der Waals surface area contributed by atoms with Crippen molar-refractivity contribution in [1.29, 1.82) is 0 Å². The number of piperidine rings is 1. The fraction of sp³-hybridized carbons (Fsp3) is 0.500. The van der Waals surface area contributed by atoms with E-state index in [9.17, 15) is 27.9 Å². The summed E-state index contributed by atoms with van der Waals surface area (Å²) in [6.07, 6.45) is -4.86. The van der Waals surface area contributed by atoms with Gasteiger partial charge in [-0.15, -0.1) is 0 Å². The average molecular weight is 646 g/mol. The maximum atomic E-state index is 14.8. The number of carboxylic acids is 1. The minimum atomic E-state index is -4.88. The number of hydrogen-bond donors (Lipinski definition) is 3. The lowest BCUT2D eigenvalue weighted by Crippen LogP contribution is -2.46. The smallest absolute Gasteiger partial charge is 0.480 e. The van der Waals surface area contributed by atoms with Gasteiger partial charge in [-0.1, -0.05) is 19.1 Å². The number of halogens is 3. The number of hydrogen-bond acceptors (Lipinski definition) is 11. The Balaban J connectivity index is 1.28. The number of anilines is 2. The van der Waals surface area contributed by atoms with Crippen molar-refractivity contribution >= 4 is 23.9 Å². The van der Waals surface area contributed by atoms with Gasteiger partial charge < -0.3 is 35.3 Å². The third-order valence-corrected chi connectivity index (χ3v) is 9.05. The van der Waals surface area contributed by atoms with Crippen LogP contribution in [0.2, 0.25) is 0 Å².